The normalized spacial score (nSPS) is 23.8. The minimum absolute atomic E-state index is 0.0964. The van der Waals surface area contributed by atoms with Gasteiger partial charge in [0.1, 0.15) is 0 Å². The fourth-order valence-corrected chi connectivity index (χ4v) is 0.678. The molecule has 1 atom stereocenters. The molecule has 9 heavy (non-hydrogen) atoms. The van der Waals surface area contributed by atoms with Gasteiger partial charge >= 0.3 is 6.21 Å². The Kier molecular flexibility index (Phi) is 1.72. The smallest absolute Gasteiger partial charge is 0.324 e. The third-order valence-electron chi connectivity index (χ3n) is 1.35. The van der Waals surface area contributed by atoms with Gasteiger partial charge in [0.25, 0.3) is 5.78 Å². The Balaban J connectivity index is 2.41. The van der Waals surface area contributed by atoms with Crippen molar-refractivity contribution in [2.75, 3.05) is 6.54 Å². The molecule has 0 spiro atoms. The maximum atomic E-state index is 10.7. The lowest BCUT2D eigenvalue weighted by atomic mass is 10.0. The van der Waals surface area contributed by atoms with Crippen LogP contribution in [0.3, 0.4) is 0 Å². The number of carbonyl (C=O) groups excluding carboxylic acids is 1. The maximum Gasteiger partial charge on any atom is 0.324 e. The number of hydrogen-bond acceptors (Lipinski definition) is 2. The van der Waals surface area contributed by atoms with Crippen molar-refractivity contribution in [2.45, 2.75) is 12.5 Å². The van der Waals surface area contributed by atoms with E-state index in [9.17, 15) is 4.79 Å². The molecule has 48 valence electrons. The minimum Gasteiger partial charge on any atom is -0.361 e. The van der Waals surface area contributed by atoms with E-state index in [1.165, 1.54) is 0 Å². The molecular formula is C5H7N3O. The Labute approximate surface area is 52.5 Å². The largest absolute Gasteiger partial charge is 0.361 e. The van der Waals surface area contributed by atoms with Crippen molar-refractivity contribution in [1.82, 2.24) is 5.32 Å². The highest BCUT2D eigenvalue weighted by Gasteiger charge is 2.25. The summed E-state index contributed by atoms with van der Waals surface area (Å²) < 4.78 is 0. The molecule has 1 saturated heterocycles. The van der Waals surface area contributed by atoms with E-state index in [1.807, 2.05) is 0 Å². The molecule has 1 aliphatic rings. The average Bonchev–Trinajstić information content (AvgIpc) is 1.60. The molecule has 1 aliphatic heterocycles. The summed E-state index contributed by atoms with van der Waals surface area (Å²) in [7, 11) is 0. The van der Waals surface area contributed by atoms with Gasteiger partial charge in [-0.1, -0.05) is 0 Å². The molecule has 1 N–H and O–H groups in total. The summed E-state index contributed by atoms with van der Waals surface area (Å²) in [6.07, 6.45) is 1.78. The lowest BCUT2D eigenvalue weighted by Gasteiger charge is -2.22. The van der Waals surface area contributed by atoms with Gasteiger partial charge in [-0.15, -0.1) is 0 Å². The van der Waals surface area contributed by atoms with Gasteiger partial charge in [0.05, 0.1) is 6.04 Å². The Morgan fingerprint density at radius 2 is 2.56 bits per heavy atom. The first-order chi connectivity index (χ1) is 4.34. The summed E-state index contributed by atoms with van der Waals surface area (Å²) in [5.41, 5.74) is 7.93. The summed E-state index contributed by atoms with van der Waals surface area (Å²) in [5, 5.41) is 2.88. The Morgan fingerprint density at radius 3 is 2.89 bits per heavy atom. The zero-order valence-corrected chi connectivity index (χ0v) is 4.87. The van der Waals surface area contributed by atoms with E-state index in [0.717, 1.165) is 19.2 Å². The predicted octanol–water partition coefficient (Wildman–Crippen LogP) is -0.782. The zero-order chi connectivity index (χ0) is 6.69. The first kappa shape index (κ1) is 6.13. The van der Waals surface area contributed by atoms with Gasteiger partial charge in [-0.05, 0) is 13.0 Å². The number of rotatable bonds is 2. The molecule has 4 heteroatoms. The fourth-order valence-electron chi connectivity index (χ4n) is 0.678. The lowest BCUT2D eigenvalue weighted by molar-refractivity contribution is -0.119. The second-order valence-corrected chi connectivity index (χ2v) is 1.94. The van der Waals surface area contributed by atoms with Crippen LogP contribution in [0.25, 0.3) is 5.53 Å². The molecule has 0 bridgehead atoms. The summed E-state index contributed by atoms with van der Waals surface area (Å²) >= 11 is 0. The second-order valence-electron chi connectivity index (χ2n) is 1.94. The van der Waals surface area contributed by atoms with Crippen LogP contribution in [0.5, 0.6) is 0 Å². The highest BCUT2D eigenvalue weighted by molar-refractivity contribution is 6.27. The first-order valence-corrected chi connectivity index (χ1v) is 2.79. The standard InChI is InChI=1S/C5H7N3O/c6-8-3-5(9)4-1-2-7-4/h3-4,7H,1-2H2. The van der Waals surface area contributed by atoms with Crippen LogP contribution < -0.4 is 5.32 Å². The Hall–Kier alpha value is -0.990. The monoisotopic (exact) mass is 125 g/mol. The molecule has 0 radical (unpaired) electrons. The van der Waals surface area contributed by atoms with Gasteiger partial charge in [-0.25, -0.2) is 0 Å². The van der Waals surface area contributed by atoms with Crippen LogP contribution in [0.1, 0.15) is 6.42 Å². The van der Waals surface area contributed by atoms with Crippen molar-refractivity contribution in [1.29, 1.82) is 0 Å². The van der Waals surface area contributed by atoms with Crippen molar-refractivity contribution in [3.05, 3.63) is 5.53 Å². The van der Waals surface area contributed by atoms with E-state index in [1.54, 1.807) is 0 Å². The number of Topliss-reactive ketones (excluding diaryl/α,β-unsaturated/α-hetero) is 1. The molecule has 0 aromatic carbocycles. The average molecular weight is 125 g/mol. The third-order valence-corrected chi connectivity index (χ3v) is 1.35. The first-order valence-electron chi connectivity index (χ1n) is 2.79. The molecule has 0 aromatic heterocycles. The molecule has 0 amide bonds. The number of carbonyl (C=O) groups is 1. The van der Waals surface area contributed by atoms with Crippen LogP contribution in [0.15, 0.2) is 0 Å². The summed E-state index contributed by atoms with van der Waals surface area (Å²) in [5.74, 6) is -0.149. The van der Waals surface area contributed by atoms with Crippen molar-refractivity contribution >= 4 is 12.0 Å². The number of nitrogens with one attached hydrogen (secondary N) is 1. The number of hydrogen-bond donors (Lipinski definition) is 1. The molecule has 1 rings (SSSR count). The van der Waals surface area contributed by atoms with Crippen LogP contribution in [0.2, 0.25) is 0 Å². The molecular weight excluding hydrogens is 118 g/mol. The SMILES string of the molecule is [N-]=[N+]=CC(=O)C1CCN1. The number of nitrogens with zero attached hydrogens (tertiary/aromatic N) is 2. The lowest BCUT2D eigenvalue weighted by Crippen LogP contribution is -2.49. The highest BCUT2D eigenvalue weighted by atomic mass is 16.1. The van der Waals surface area contributed by atoms with Crippen LogP contribution in [-0.4, -0.2) is 29.4 Å². The summed E-state index contributed by atoms with van der Waals surface area (Å²) in [6.45, 7) is 0.885. The van der Waals surface area contributed by atoms with Crippen LogP contribution in [0.4, 0.5) is 0 Å². The molecule has 0 aliphatic carbocycles. The Morgan fingerprint density at radius 1 is 1.89 bits per heavy atom. The quantitative estimate of drug-likeness (QED) is 0.299. The molecule has 1 heterocycles. The molecule has 4 nitrogen and oxygen atoms in total. The van der Waals surface area contributed by atoms with Crippen LogP contribution in [0, 0.1) is 0 Å². The van der Waals surface area contributed by atoms with Gasteiger partial charge in [0.2, 0.25) is 0 Å². The molecule has 1 fully saturated rings. The predicted molar refractivity (Wildman–Crippen MR) is 31.1 cm³/mol. The van der Waals surface area contributed by atoms with Crippen molar-refractivity contribution < 1.29 is 9.58 Å². The molecule has 1 unspecified atom stereocenters. The van der Waals surface area contributed by atoms with E-state index >= 15 is 0 Å². The van der Waals surface area contributed by atoms with Gasteiger partial charge in [-0.3, -0.25) is 4.79 Å². The van der Waals surface area contributed by atoms with E-state index in [-0.39, 0.29) is 11.8 Å². The van der Waals surface area contributed by atoms with Gasteiger partial charge in [0, 0.05) is 0 Å². The second kappa shape index (κ2) is 2.53. The van der Waals surface area contributed by atoms with E-state index in [4.69, 9.17) is 5.53 Å². The molecule has 0 saturated carbocycles. The van der Waals surface area contributed by atoms with Gasteiger partial charge in [0.15, 0.2) is 0 Å². The third kappa shape index (κ3) is 1.22. The van der Waals surface area contributed by atoms with E-state index < -0.39 is 0 Å². The van der Waals surface area contributed by atoms with Crippen molar-refractivity contribution in [3.8, 4) is 0 Å². The van der Waals surface area contributed by atoms with E-state index in [0.29, 0.717) is 0 Å². The summed E-state index contributed by atoms with van der Waals surface area (Å²) in [6, 6.07) is -0.0964. The van der Waals surface area contributed by atoms with Gasteiger partial charge < -0.3 is 10.8 Å². The van der Waals surface area contributed by atoms with Crippen molar-refractivity contribution in [3.63, 3.8) is 0 Å². The summed E-state index contributed by atoms with van der Waals surface area (Å²) in [4.78, 5) is 13.3. The van der Waals surface area contributed by atoms with E-state index in [2.05, 4.69) is 10.1 Å². The maximum absolute atomic E-state index is 10.7. The van der Waals surface area contributed by atoms with Crippen LogP contribution in [-0.2, 0) is 4.79 Å². The topological polar surface area (TPSA) is 65.5 Å². The zero-order valence-electron chi connectivity index (χ0n) is 4.87. The minimum atomic E-state index is -0.149. The van der Waals surface area contributed by atoms with Crippen molar-refractivity contribution in [2.24, 2.45) is 0 Å². The van der Waals surface area contributed by atoms with Crippen LogP contribution >= 0.6 is 0 Å². The Bertz CT molecular complexity index is 167. The number of ketones is 1. The fraction of sp³-hybridized carbons (Fsp3) is 0.600. The highest BCUT2D eigenvalue weighted by Crippen LogP contribution is 2.00. The molecule has 0 aromatic rings. The van der Waals surface area contributed by atoms with Gasteiger partial charge in [-0.2, -0.15) is 4.79 Å².